The Labute approximate surface area is 162 Å². The van der Waals surface area contributed by atoms with Crippen LogP contribution in [0, 0.1) is 0 Å². The third-order valence-electron chi connectivity index (χ3n) is 3.83. The third-order valence-corrected chi connectivity index (χ3v) is 4.05. The summed E-state index contributed by atoms with van der Waals surface area (Å²) in [5, 5.41) is 1.61. The number of rotatable bonds is 5. The van der Waals surface area contributed by atoms with Gasteiger partial charge in [-0.15, -0.1) is 0 Å². The average molecular weight is 387 g/mol. The number of nitrogens with zero attached hydrogens (tertiary/aromatic N) is 1. The van der Waals surface area contributed by atoms with Crippen LogP contribution in [-0.4, -0.2) is 25.0 Å². The maximum absolute atomic E-state index is 12.8. The lowest BCUT2D eigenvalue weighted by atomic mass is 10.1. The van der Waals surface area contributed by atoms with Crippen LogP contribution in [0.15, 0.2) is 48.0 Å². The number of halogens is 1. The number of carbonyl (C=O) groups excluding carboxylic acids is 2. The minimum Gasteiger partial charge on any atom is -0.493 e. The van der Waals surface area contributed by atoms with E-state index in [1.54, 1.807) is 36.4 Å². The van der Waals surface area contributed by atoms with Gasteiger partial charge in [-0.05, 0) is 38.1 Å². The number of nitrogens with one attached hydrogen (secondary N) is 1. The molecule has 0 saturated carbocycles. The van der Waals surface area contributed by atoms with Crippen molar-refractivity contribution in [3.05, 3.63) is 58.6 Å². The van der Waals surface area contributed by atoms with Gasteiger partial charge in [0, 0.05) is 16.7 Å². The minimum absolute atomic E-state index is 0.0169. The lowest BCUT2D eigenvalue weighted by Crippen LogP contribution is -2.35. The van der Waals surface area contributed by atoms with Gasteiger partial charge in [0.15, 0.2) is 11.5 Å². The number of para-hydroxylation sites is 1. The molecule has 0 radical (unpaired) electrons. The lowest BCUT2D eigenvalue weighted by Gasteiger charge is -2.16. The van der Waals surface area contributed by atoms with E-state index in [-0.39, 0.29) is 11.7 Å². The van der Waals surface area contributed by atoms with E-state index in [1.807, 2.05) is 19.9 Å². The van der Waals surface area contributed by atoms with Crippen LogP contribution in [0.1, 0.15) is 19.4 Å². The average Bonchev–Trinajstić information content (AvgIpc) is 2.92. The molecule has 3 rings (SSSR count). The van der Waals surface area contributed by atoms with E-state index in [1.165, 1.54) is 18.2 Å². The standard InChI is InChI=1S/C20H19ClN2O4/c1-12(2)27-18-13(9-14(21)11-17(18)26-3)10-16-19(24)22-23(20(16)25)15-7-5-4-6-8-15/h4-12H,1-3H3,(H,22,24)/b16-10+. The van der Waals surface area contributed by atoms with E-state index >= 15 is 0 Å². The van der Waals surface area contributed by atoms with Gasteiger partial charge in [0.05, 0.1) is 18.9 Å². The summed E-state index contributed by atoms with van der Waals surface area (Å²) in [7, 11) is 1.50. The molecule has 27 heavy (non-hydrogen) atoms. The lowest BCUT2D eigenvalue weighted by molar-refractivity contribution is -0.117. The van der Waals surface area contributed by atoms with Crippen LogP contribution in [-0.2, 0) is 9.59 Å². The van der Waals surface area contributed by atoms with Crippen molar-refractivity contribution in [3.8, 4) is 11.5 Å². The molecule has 1 saturated heterocycles. The van der Waals surface area contributed by atoms with Crippen molar-refractivity contribution in [2.45, 2.75) is 20.0 Å². The highest BCUT2D eigenvalue weighted by molar-refractivity contribution is 6.32. The molecule has 140 valence electrons. The van der Waals surface area contributed by atoms with E-state index in [4.69, 9.17) is 21.1 Å². The van der Waals surface area contributed by atoms with Crippen LogP contribution in [0.25, 0.3) is 6.08 Å². The van der Waals surface area contributed by atoms with Crippen molar-refractivity contribution < 1.29 is 19.1 Å². The summed E-state index contributed by atoms with van der Waals surface area (Å²) in [6, 6.07) is 12.1. The summed E-state index contributed by atoms with van der Waals surface area (Å²) in [5.74, 6) is -0.115. The predicted molar refractivity (Wildman–Crippen MR) is 104 cm³/mol. The van der Waals surface area contributed by atoms with Crippen molar-refractivity contribution >= 4 is 35.2 Å². The molecule has 0 aliphatic carbocycles. The first-order valence-corrected chi connectivity index (χ1v) is 8.75. The zero-order valence-corrected chi connectivity index (χ0v) is 15.9. The fourth-order valence-corrected chi connectivity index (χ4v) is 2.90. The summed E-state index contributed by atoms with van der Waals surface area (Å²) in [4.78, 5) is 25.2. The van der Waals surface area contributed by atoms with Crippen LogP contribution in [0.3, 0.4) is 0 Å². The highest BCUT2D eigenvalue weighted by atomic mass is 35.5. The molecule has 1 aliphatic heterocycles. The van der Waals surface area contributed by atoms with Gasteiger partial charge in [-0.25, -0.2) is 5.01 Å². The van der Waals surface area contributed by atoms with Crippen LogP contribution in [0.2, 0.25) is 5.02 Å². The Morgan fingerprint density at radius 2 is 1.85 bits per heavy atom. The molecule has 1 heterocycles. The Kier molecular flexibility index (Phi) is 5.37. The van der Waals surface area contributed by atoms with Gasteiger partial charge >= 0.3 is 0 Å². The summed E-state index contributed by atoms with van der Waals surface area (Å²) in [5.41, 5.74) is 3.61. The fraction of sp³-hybridized carbons (Fsp3) is 0.200. The maximum Gasteiger partial charge on any atom is 0.282 e. The molecule has 1 N–H and O–H groups in total. The van der Waals surface area contributed by atoms with Gasteiger partial charge < -0.3 is 9.47 Å². The van der Waals surface area contributed by atoms with Crippen LogP contribution in [0.4, 0.5) is 5.69 Å². The number of methoxy groups -OCH3 is 1. The first kappa shape index (κ1) is 18.8. The van der Waals surface area contributed by atoms with Crippen LogP contribution < -0.4 is 19.9 Å². The molecule has 1 aliphatic rings. The van der Waals surface area contributed by atoms with E-state index in [0.717, 1.165) is 0 Å². The second kappa shape index (κ2) is 7.72. The number of ether oxygens (including phenoxy) is 2. The quantitative estimate of drug-likeness (QED) is 0.629. The minimum atomic E-state index is -0.502. The largest absolute Gasteiger partial charge is 0.493 e. The molecule has 0 spiro atoms. The maximum atomic E-state index is 12.8. The third kappa shape index (κ3) is 3.90. The summed E-state index contributed by atoms with van der Waals surface area (Å²) >= 11 is 6.16. The number of hydrogen-bond donors (Lipinski definition) is 1. The van der Waals surface area contributed by atoms with Crippen molar-refractivity contribution in [3.63, 3.8) is 0 Å². The Hall–Kier alpha value is -2.99. The topological polar surface area (TPSA) is 67.9 Å². The van der Waals surface area contributed by atoms with E-state index in [9.17, 15) is 9.59 Å². The first-order chi connectivity index (χ1) is 12.9. The number of anilines is 1. The van der Waals surface area contributed by atoms with Gasteiger partial charge in [-0.3, -0.25) is 15.0 Å². The smallest absolute Gasteiger partial charge is 0.282 e. The Balaban J connectivity index is 2.04. The van der Waals surface area contributed by atoms with Gasteiger partial charge in [-0.1, -0.05) is 29.8 Å². The Morgan fingerprint density at radius 1 is 1.15 bits per heavy atom. The van der Waals surface area contributed by atoms with E-state index < -0.39 is 11.8 Å². The van der Waals surface area contributed by atoms with Crippen LogP contribution >= 0.6 is 11.6 Å². The number of amides is 2. The van der Waals surface area contributed by atoms with Crippen molar-refractivity contribution in [1.29, 1.82) is 0 Å². The molecule has 6 nitrogen and oxygen atoms in total. The molecular weight excluding hydrogens is 368 g/mol. The SMILES string of the molecule is COc1cc(Cl)cc(/C=C2\C(=O)NN(c3ccccc3)C2=O)c1OC(C)C. The molecule has 2 amide bonds. The number of hydrazine groups is 1. The molecule has 7 heteroatoms. The molecule has 1 fully saturated rings. The second-order valence-electron chi connectivity index (χ2n) is 6.17. The summed E-state index contributed by atoms with van der Waals surface area (Å²) in [6.07, 6.45) is 1.33. The number of benzene rings is 2. The Morgan fingerprint density at radius 3 is 2.48 bits per heavy atom. The molecule has 0 bridgehead atoms. The zero-order valence-electron chi connectivity index (χ0n) is 15.2. The first-order valence-electron chi connectivity index (χ1n) is 8.37. The van der Waals surface area contributed by atoms with Crippen molar-refractivity contribution in [1.82, 2.24) is 5.43 Å². The highest BCUT2D eigenvalue weighted by Crippen LogP contribution is 2.37. The summed E-state index contributed by atoms with van der Waals surface area (Å²) < 4.78 is 11.2. The molecule has 2 aromatic carbocycles. The zero-order chi connectivity index (χ0) is 19.6. The predicted octanol–water partition coefficient (Wildman–Crippen LogP) is 3.60. The van der Waals surface area contributed by atoms with Crippen molar-refractivity contribution in [2.75, 3.05) is 12.1 Å². The normalized spacial score (nSPS) is 15.4. The van der Waals surface area contributed by atoms with Gasteiger partial charge in [0.25, 0.3) is 11.8 Å². The van der Waals surface area contributed by atoms with Crippen molar-refractivity contribution in [2.24, 2.45) is 0 Å². The molecular formula is C20H19ClN2O4. The fourth-order valence-electron chi connectivity index (χ4n) is 2.68. The van der Waals surface area contributed by atoms with Gasteiger partial charge in [-0.2, -0.15) is 0 Å². The number of hydrogen-bond acceptors (Lipinski definition) is 4. The monoisotopic (exact) mass is 386 g/mol. The molecule has 0 atom stereocenters. The van der Waals surface area contributed by atoms with Gasteiger partial charge in [0.2, 0.25) is 0 Å². The Bertz CT molecular complexity index is 910. The van der Waals surface area contributed by atoms with E-state index in [2.05, 4.69) is 5.43 Å². The highest BCUT2D eigenvalue weighted by Gasteiger charge is 2.34. The number of carbonyl (C=O) groups is 2. The molecule has 0 unspecified atom stereocenters. The molecule has 0 aromatic heterocycles. The summed E-state index contributed by atoms with van der Waals surface area (Å²) in [6.45, 7) is 3.74. The van der Waals surface area contributed by atoms with Crippen LogP contribution in [0.5, 0.6) is 11.5 Å². The second-order valence-corrected chi connectivity index (χ2v) is 6.60. The van der Waals surface area contributed by atoms with E-state index in [0.29, 0.717) is 27.8 Å². The molecule has 2 aromatic rings. The van der Waals surface area contributed by atoms with Gasteiger partial charge in [0.1, 0.15) is 5.57 Å².